The molecule has 4 nitrogen and oxygen atoms in total. The molecule has 0 spiro atoms. The maximum absolute atomic E-state index is 12.7. The highest BCUT2D eigenvalue weighted by Crippen LogP contribution is 2.27. The second-order valence-electron chi connectivity index (χ2n) is 6.78. The van der Waals surface area contributed by atoms with Gasteiger partial charge in [-0.3, -0.25) is 4.79 Å². The number of hydrogen-bond acceptors (Lipinski definition) is 4. The van der Waals surface area contributed by atoms with Gasteiger partial charge in [0.25, 0.3) is 5.91 Å². The number of nitrogens with one attached hydrogen (secondary N) is 1. The summed E-state index contributed by atoms with van der Waals surface area (Å²) in [6.45, 7) is 0.805. The summed E-state index contributed by atoms with van der Waals surface area (Å²) in [5.74, 6) is 5.36. The number of anilines is 1. The Kier molecular flexibility index (Phi) is 5.54. The Morgan fingerprint density at radius 2 is 2.04 bits per heavy atom. The van der Waals surface area contributed by atoms with E-state index in [1.165, 1.54) is 4.70 Å². The lowest BCUT2D eigenvalue weighted by atomic mass is 10.1. The first-order valence-corrected chi connectivity index (χ1v) is 10.1. The van der Waals surface area contributed by atoms with E-state index in [1.54, 1.807) is 40.5 Å². The van der Waals surface area contributed by atoms with E-state index in [-0.39, 0.29) is 5.91 Å². The van der Waals surface area contributed by atoms with Crippen molar-refractivity contribution >= 4 is 32.6 Å². The van der Waals surface area contributed by atoms with E-state index in [0.29, 0.717) is 30.3 Å². The maximum atomic E-state index is 12.7. The number of rotatable bonds is 3. The summed E-state index contributed by atoms with van der Waals surface area (Å²) in [4.78, 5) is 18.8. The van der Waals surface area contributed by atoms with Gasteiger partial charge < -0.3 is 10.2 Å². The summed E-state index contributed by atoms with van der Waals surface area (Å²) in [5, 5.41) is 4.43. The van der Waals surface area contributed by atoms with Gasteiger partial charge in [0.2, 0.25) is 0 Å². The second-order valence-corrected chi connectivity index (χ2v) is 7.81. The van der Waals surface area contributed by atoms with Gasteiger partial charge in [-0.2, -0.15) is 0 Å². The van der Waals surface area contributed by atoms with Gasteiger partial charge in [0.15, 0.2) is 5.13 Å². The van der Waals surface area contributed by atoms with Crippen molar-refractivity contribution in [3.05, 3.63) is 59.7 Å². The quantitative estimate of drug-likeness (QED) is 0.678. The molecule has 0 unspecified atom stereocenters. The average Bonchev–Trinajstić information content (AvgIpc) is 3.15. The average molecular weight is 393 g/mol. The van der Waals surface area contributed by atoms with Crippen molar-refractivity contribution in [3.63, 3.8) is 0 Å². The van der Waals surface area contributed by atoms with E-state index in [4.69, 9.17) is 0 Å². The Morgan fingerprint density at radius 1 is 1.21 bits per heavy atom. The summed E-state index contributed by atoms with van der Waals surface area (Å²) in [7, 11) is 0. The van der Waals surface area contributed by atoms with Crippen molar-refractivity contribution in [2.75, 3.05) is 18.4 Å². The smallest absolute Gasteiger partial charge is 0.298 e. The van der Waals surface area contributed by atoms with Gasteiger partial charge >= 0.3 is 0 Å². The number of carbonyl (C=O) groups is 1. The highest BCUT2D eigenvalue weighted by atomic mass is 32.1. The Balaban J connectivity index is 1.32. The molecule has 3 aromatic rings. The van der Waals surface area contributed by atoms with E-state index in [2.05, 4.69) is 28.2 Å². The predicted molar refractivity (Wildman–Crippen MR) is 111 cm³/mol. The fourth-order valence-electron chi connectivity index (χ4n) is 3.27. The van der Waals surface area contributed by atoms with Crippen LogP contribution in [-0.4, -0.2) is 34.9 Å². The van der Waals surface area contributed by atoms with E-state index >= 15 is 0 Å². The lowest BCUT2D eigenvalue weighted by molar-refractivity contribution is -0.126. The molecule has 0 radical (unpaired) electrons. The lowest BCUT2D eigenvalue weighted by Gasteiger charge is -2.31. The number of halogens is 1. The van der Waals surface area contributed by atoms with Crippen LogP contribution in [0.5, 0.6) is 0 Å². The van der Waals surface area contributed by atoms with Crippen LogP contribution in [0.2, 0.25) is 0 Å². The zero-order valence-electron chi connectivity index (χ0n) is 15.3. The number of carbonyl (C=O) groups excluding carboxylic acids is 1. The number of thiazole rings is 1. The molecule has 0 saturated carbocycles. The van der Waals surface area contributed by atoms with E-state index in [9.17, 15) is 9.18 Å². The first kappa shape index (κ1) is 18.5. The minimum atomic E-state index is -0.529. The van der Waals surface area contributed by atoms with Crippen LogP contribution >= 0.6 is 11.3 Å². The standard InChI is InChI=1S/C22H20FN3OS/c23-15-17-5-3-4-16(14-17)8-9-21(27)26-12-10-18(11-13-26)24-22-25-19-6-1-2-7-20(19)28-22/h1-7,14,18H,10-13,15H2,(H,24,25). The SMILES string of the molecule is O=C(C#Cc1cccc(CF)c1)N1CCC(Nc2nc3ccccc3s2)CC1. The van der Waals surface area contributed by atoms with Crippen LogP contribution in [0.1, 0.15) is 24.0 Å². The van der Waals surface area contributed by atoms with Gasteiger partial charge in [0.1, 0.15) is 6.67 Å². The number of alkyl halides is 1. The van der Waals surface area contributed by atoms with Gasteiger partial charge in [-0.15, -0.1) is 0 Å². The summed E-state index contributed by atoms with van der Waals surface area (Å²) in [5.41, 5.74) is 2.24. The molecule has 1 aliphatic heterocycles. The van der Waals surface area contributed by atoms with Crippen molar-refractivity contribution < 1.29 is 9.18 Å². The minimum absolute atomic E-state index is 0.177. The zero-order valence-corrected chi connectivity index (χ0v) is 16.1. The molecule has 142 valence electrons. The summed E-state index contributed by atoms with van der Waals surface area (Å²) in [6, 6.07) is 15.3. The zero-order chi connectivity index (χ0) is 19.3. The number of piperidine rings is 1. The van der Waals surface area contributed by atoms with Crippen LogP contribution in [-0.2, 0) is 11.5 Å². The highest BCUT2D eigenvalue weighted by molar-refractivity contribution is 7.22. The topological polar surface area (TPSA) is 45.2 Å². The molecule has 2 heterocycles. The molecule has 28 heavy (non-hydrogen) atoms. The minimum Gasteiger partial charge on any atom is -0.359 e. The number of para-hydroxylation sites is 1. The first-order chi connectivity index (χ1) is 13.7. The monoisotopic (exact) mass is 393 g/mol. The molecule has 1 fully saturated rings. The largest absolute Gasteiger partial charge is 0.359 e. The third-order valence-electron chi connectivity index (χ3n) is 4.80. The van der Waals surface area contributed by atoms with Gasteiger partial charge in [-0.25, -0.2) is 9.37 Å². The lowest BCUT2D eigenvalue weighted by Crippen LogP contribution is -2.41. The van der Waals surface area contributed by atoms with Crippen molar-refractivity contribution in [2.45, 2.75) is 25.6 Å². The van der Waals surface area contributed by atoms with Crippen molar-refractivity contribution in [1.82, 2.24) is 9.88 Å². The molecule has 6 heteroatoms. The van der Waals surface area contributed by atoms with Crippen LogP contribution in [0.3, 0.4) is 0 Å². The molecule has 1 N–H and O–H groups in total. The fraction of sp³-hybridized carbons (Fsp3) is 0.273. The van der Waals surface area contributed by atoms with Gasteiger partial charge in [-0.05, 0) is 42.7 Å². The third-order valence-corrected chi connectivity index (χ3v) is 5.77. The summed E-state index contributed by atoms with van der Waals surface area (Å²) < 4.78 is 13.9. The molecular weight excluding hydrogens is 373 g/mol. The highest BCUT2D eigenvalue weighted by Gasteiger charge is 2.22. The molecule has 2 aromatic carbocycles. The number of likely N-dealkylation sites (tertiary alicyclic amines) is 1. The van der Waals surface area contributed by atoms with Crippen LogP contribution in [0.15, 0.2) is 48.5 Å². The number of aromatic nitrogens is 1. The first-order valence-electron chi connectivity index (χ1n) is 9.29. The number of nitrogens with zero attached hydrogens (tertiary/aromatic N) is 2. The number of amides is 1. The Bertz CT molecular complexity index is 1010. The van der Waals surface area contributed by atoms with Crippen molar-refractivity contribution in [3.8, 4) is 11.8 Å². The maximum Gasteiger partial charge on any atom is 0.298 e. The van der Waals surface area contributed by atoms with E-state index < -0.39 is 6.67 Å². The third kappa shape index (κ3) is 4.32. The number of hydrogen-bond donors (Lipinski definition) is 1. The molecular formula is C22H20FN3OS. The number of benzene rings is 2. The van der Waals surface area contributed by atoms with Crippen molar-refractivity contribution in [2.24, 2.45) is 0 Å². The summed E-state index contributed by atoms with van der Waals surface area (Å²) >= 11 is 1.65. The van der Waals surface area contributed by atoms with Gasteiger partial charge in [0, 0.05) is 30.6 Å². The predicted octanol–water partition coefficient (Wildman–Crippen LogP) is 4.22. The van der Waals surface area contributed by atoms with Gasteiger partial charge in [-0.1, -0.05) is 41.5 Å². The molecule has 0 aliphatic carbocycles. The van der Waals surface area contributed by atoms with Crippen LogP contribution in [0, 0.1) is 11.8 Å². The fourth-order valence-corrected chi connectivity index (χ4v) is 4.22. The van der Waals surface area contributed by atoms with Crippen LogP contribution in [0.25, 0.3) is 10.2 Å². The van der Waals surface area contributed by atoms with E-state index in [0.717, 1.165) is 23.5 Å². The molecule has 1 amide bonds. The Hall–Kier alpha value is -2.91. The van der Waals surface area contributed by atoms with E-state index in [1.807, 2.05) is 18.2 Å². The number of fused-ring (bicyclic) bond motifs is 1. The molecule has 1 aliphatic rings. The summed E-state index contributed by atoms with van der Waals surface area (Å²) in [6.07, 6.45) is 1.72. The molecule has 0 bridgehead atoms. The van der Waals surface area contributed by atoms with Crippen LogP contribution < -0.4 is 5.32 Å². The molecule has 1 aromatic heterocycles. The Labute approximate surface area is 167 Å². The second kappa shape index (κ2) is 8.41. The van der Waals surface area contributed by atoms with Gasteiger partial charge in [0.05, 0.1) is 10.2 Å². The molecule has 1 saturated heterocycles. The molecule has 0 atom stereocenters. The Morgan fingerprint density at radius 3 is 2.82 bits per heavy atom. The normalized spacial score (nSPS) is 14.5. The molecule has 4 rings (SSSR count). The van der Waals surface area contributed by atoms with Crippen molar-refractivity contribution in [1.29, 1.82) is 0 Å². The van der Waals surface area contributed by atoms with Crippen LogP contribution in [0.4, 0.5) is 9.52 Å².